The first kappa shape index (κ1) is 12.3. The van der Waals surface area contributed by atoms with Crippen molar-refractivity contribution in [2.75, 3.05) is 0 Å². The van der Waals surface area contributed by atoms with E-state index in [0.29, 0.717) is 28.8 Å². The molecule has 1 aromatic heterocycles. The largest absolute Gasteiger partial charge is 0.310 e. The first-order valence-electron chi connectivity index (χ1n) is 5.10. The summed E-state index contributed by atoms with van der Waals surface area (Å²) in [4.78, 5) is 0. The number of benzene rings is 1. The van der Waals surface area contributed by atoms with Crippen LogP contribution < -0.4 is 0 Å². The van der Waals surface area contributed by atoms with Crippen molar-refractivity contribution >= 4 is 23.2 Å². The summed E-state index contributed by atoms with van der Waals surface area (Å²) in [6.45, 7) is 2.64. The fraction of sp³-hybridized carbons (Fsp3) is 0.273. The molecule has 0 spiro atoms. The summed E-state index contributed by atoms with van der Waals surface area (Å²) in [7, 11) is 0. The lowest BCUT2D eigenvalue weighted by atomic mass is 10.2. The topological polar surface area (TPSA) is 30.7 Å². The van der Waals surface area contributed by atoms with Crippen LogP contribution in [-0.4, -0.2) is 14.8 Å². The Morgan fingerprint density at radius 1 is 1.35 bits per heavy atom. The van der Waals surface area contributed by atoms with E-state index >= 15 is 0 Å². The van der Waals surface area contributed by atoms with Gasteiger partial charge in [-0.25, -0.2) is 4.39 Å². The summed E-state index contributed by atoms with van der Waals surface area (Å²) in [5.41, 5.74) is 0.652. The normalized spacial score (nSPS) is 10.8. The Balaban J connectivity index is 2.56. The van der Waals surface area contributed by atoms with Crippen molar-refractivity contribution in [3.05, 3.63) is 34.9 Å². The SMILES string of the molecule is CCn1c(CCl)nnc1-c1ccc(F)cc1Cl. The summed E-state index contributed by atoms with van der Waals surface area (Å²) in [6, 6.07) is 4.19. The second kappa shape index (κ2) is 5.02. The molecule has 0 fully saturated rings. The second-order valence-electron chi connectivity index (χ2n) is 3.44. The van der Waals surface area contributed by atoms with E-state index in [2.05, 4.69) is 10.2 Å². The Hall–Kier alpha value is -1.13. The van der Waals surface area contributed by atoms with E-state index in [0.717, 1.165) is 0 Å². The van der Waals surface area contributed by atoms with E-state index in [1.54, 1.807) is 6.07 Å². The predicted molar refractivity (Wildman–Crippen MR) is 65.7 cm³/mol. The van der Waals surface area contributed by atoms with Crippen LogP contribution in [0.1, 0.15) is 12.7 Å². The lowest BCUT2D eigenvalue weighted by Crippen LogP contribution is -2.02. The maximum Gasteiger partial charge on any atom is 0.165 e. The van der Waals surface area contributed by atoms with E-state index in [-0.39, 0.29) is 11.7 Å². The molecule has 3 nitrogen and oxygen atoms in total. The van der Waals surface area contributed by atoms with Gasteiger partial charge in [-0.3, -0.25) is 0 Å². The van der Waals surface area contributed by atoms with Gasteiger partial charge in [0.25, 0.3) is 0 Å². The number of halogens is 3. The molecule has 0 saturated carbocycles. The van der Waals surface area contributed by atoms with Gasteiger partial charge in [0, 0.05) is 12.1 Å². The van der Waals surface area contributed by atoms with Crippen LogP contribution >= 0.6 is 23.2 Å². The fourth-order valence-electron chi connectivity index (χ4n) is 1.64. The fourth-order valence-corrected chi connectivity index (χ4v) is 2.09. The quantitative estimate of drug-likeness (QED) is 0.802. The van der Waals surface area contributed by atoms with Crippen LogP contribution in [-0.2, 0) is 12.4 Å². The van der Waals surface area contributed by atoms with Crippen LogP contribution in [0.5, 0.6) is 0 Å². The summed E-state index contributed by atoms with van der Waals surface area (Å²) >= 11 is 11.8. The van der Waals surface area contributed by atoms with E-state index < -0.39 is 0 Å². The molecule has 0 radical (unpaired) electrons. The van der Waals surface area contributed by atoms with Crippen molar-refractivity contribution in [1.82, 2.24) is 14.8 Å². The molecule has 0 N–H and O–H groups in total. The van der Waals surface area contributed by atoms with Crippen molar-refractivity contribution in [2.45, 2.75) is 19.3 Å². The molecular formula is C11H10Cl2FN3. The summed E-state index contributed by atoms with van der Waals surface area (Å²) in [5, 5.41) is 8.33. The van der Waals surface area contributed by atoms with Crippen LogP contribution in [0.4, 0.5) is 4.39 Å². The van der Waals surface area contributed by atoms with Crippen molar-refractivity contribution in [1.29, 1.82) is 0 Å². The molecule has 0 amide bonds. The number of hydrogen-bond donors (Lipinski definition) is 0. The zero-order valence-corrected chi connectivity index (χ0v) is 10.6. The van der Waals surface area contributed by atoms with Gasteiger partial charge in [-0.2, -0.15) is 0 Å². The third-order valence-corrected chi connectivity index (χ3v) is 2.99. The van der Waals surface area contributed by atoms with Crippen LogP contribution in [0.3, 0.4) is 0 Å². The predicted octanol–water partition coefficient (Wildman–Crippen LogP) is 3.50. The van der Waals surface area contributed by atoms with E-state index in [9.17, 15) is 4.39 Å². The lowest BCUT2D eigenvalue weighted by molar-refractivity contribution is 0.628. The number of aromatic nitrogens is 3. The number of nitrogens with zero attached hydrogens (tertiary/aromatic N) is 3. The Kier molecular flexibility index (Phi) is 3.64. The Morgan fingerprint density at radius 3 is 2.71 bits per heavy atom. The summed E-state index contributed by atoms with van der Waals surface area (Å²) < 4.78 is 14.8. The van der Waals surface area contributed by atoms with Crippen LogP contribution in [0.2, 0.25) is 5.02 Å². The molecule has 0 aliphatic rings. The van der Waals surface area contributed by atoms with Crippen LogP contribution in [0.25, 0.3) is 11.4 Å². The zero-order chi connectivity index (χ0) is 12.4. The molecule has 1 aromatic carbocycles. The van der Waals surface area contributed by atoms with Gasteiger partial charge in [0.1, 0.15) is 11.6 Å². The van der Waals surface area contributed by atoms with Gasteiger partial charge in [0.05, 0.1) is 10.9 Å². The number of alkyl halides is 1. The van der Waals surface area contributed by atoms with Crippen molar-refractivity contribution in [2.24, 2.45) is 0 Å². The first-order valence-corrected chi connectivity index (χ1v) is 6.02. The van der Waals surface area contributed by atoms with Gasteiger partial charge >= 0.3 is 0 Å². The molecule has 0 saturated heterocycles. The van der Waals surface area contributed by atoms with Crippen LogP contribution in [0.15, 0.2) is 18.2 Å². The van der Waals surface area contributed by atoms with E-state index in [1.807, 2.05) is 11.5 Å². The smallest absolute Gasteiger partial charge is 0.165 e. The monoisotopic (exact) mass is 273 g/mol. The second-order valence-corrected chi connectivity index (χ2v) is 4.12. The minimum Gasteiger partial charge on any atom is -0.310 e. The third-order valence-electron chi connectivity index (χ3n) is 2.44. The van der Waals surface area contributed by atoms with Gasteiger partial charge in [0.15, 0.2) is 5.82 Å². The summed E-state index contributed by atoms with van der Waals surface area (Å²) in [5.74, 6) is 1.18. The molecule has 6 heteroatoms. The maximum absolute atomic E-state index is 13.0. The molecule has 2 rings (SSSR count). The highest BCUT2D eigenvalue weighted by atomic mass is 35.5. The molecule has 0 unspecified atom stereocenters. The van der Waals surface area contributed by atoms with E-state index in [1.165, 1.54) is 12.1 Å². The molecule has 0 aliphatic carbocycles. The Bertz CT molecular complexity index is 540. The molecule has 0 bridgehead atoms. The third kappa shape index (κ3) is 2.28. The molecule has 0 atom stereocenters. The molecule has 1 heterocycles. The maximum atomic E-state index is 13.0. The van der Waals surface area contributed by atoms with Gasteiger partial charge in [-0.1, -0.05) is 11.6 Å². The molecule has 17 heavy (non-hydrogen) atoms. The van der Waals surface area contributed by atoms with Gasteiger partial charge in [-0.15, -0.1) is 21.8 Å². The highest BCUT2D eigenvalue weighted by molar-refractivity contribution is 6.33. The van der Waals surface area contributed by atoms with Gasteiger partial charge < -0.3 is 4.57 Å². The average Bonchev–Trinajstić information content (AvgIpc) is 2.71. The highest BCUT2D eigenvalue weighted by Gasteiger charge is 2.14. The lowest BCUT2D eigenvalue weighted by Gasteiger charge is -2.07. The molecule has 2 aromatic rings. The molecule has 90 valence electrons. The van der Waals surface area contributed by atoms with E-state index in [4.69, 9.17) is 23.2 Å². The highest BCUT2D eigenvalue weighted by Crippen LogP contribution is 2.27. The van der Waals surface area contributed by atoms with Gasteiger partial charge in [-0.05, 0) is 25.1 Å². The van der Waals surface area contributed by atoms with Crippen molar-refractivity contribution in [3.63, 3.8) is 0 Å². The number of hydrogen-bond acceptors (Lipinski definition) is 2. The van der Waals surface area contributed by atoms with Gasteiger partial charge in [0.2, 0.25) is 0 Å². The number of rotatable bonds is 3. The zero-order valence-electron chi connectivity index (χ0n) is 9.12. The van der Waals surface area contributed by atoms with Crippen molar-refractivity contribution in [3.8, 4) is 11.4 Å². The summed E-state index contributed by atoms with van der Waals surface area (Å²) in [6.07, 6.45) is 0. The average molecular weight is 274 g/mol. The molecular weight excluding hydrogens is 264 g/mol. The molecule has 0 aliphatic heterocycles. The minimum atomic E-state index is -0.376. The first-order chi connectivity index (χ1) is 8.17. The standard InChI is InChI=1S/C11H10Cl2FN3/c1-2-17-10(6-12)15-16-11(17)8-4-3-7(14)5-9(8)13/h3-5H,2,6H2,1H3. The van der Waals surface area contributed by atoms with Crippen LogP contribution in [0, 0.1) is 5.82 Å². The Labute approximate surface area is 108 Å². The Morgan fingerprint density at radius 2 is 2.12 bits per heavy atom. The van der Waals surface area contributed by atoms with Crippen molar-refractivity contribution < 1.29 is 4.39 Å². The minimum absolute atomic E-state index is 0.277.